The van der Waals surface area contributed by atoms with E-state index < -0.39 is 0 Å². The SMILES string of the molecule is O=C(NC1CC1)C1CCCN1Cc1ccc(-n2cccn2)cc1. The molecule has 5 nitrogen and oxygen atoms in total. The lowest BCUT2D eigenvalue weighted by Crippen LogP contribution is -2.43. The van der Waals surface area contributed by atoms with Crippen molar-refractivity contribution in [2.45, 2.75) is 44.3 Å². The zero-order valence-corrected chi connectivity index (χ0v) is 13.2. The number of carbonyl (C=O) groups excluding carboxylic acids is 1. The van der Waals surface area contributed by atoms with E-state index in [0.29, 0.717) is 6.04 Å². The smallest absolute Gasteiger partial charge is 0.237 e. The van der Waals surface area contributed by atoms with Gasteiger partial charge < -0.3 is 5.32 Å². The molecule has 1 aliphatic heterocycles. The van der Waals surface area contributed by atoms with E-state index in [4.69, 9.17) is 0 Å². The molecule has 1 aromatic carbocycles. The molecule has 0 spiro atoms. The maximum atomic E-state index is 12.3. The van der Waals surface area contributed by atoms with Crippen molar-refractivity contribution in [1.82, 2.24) is 20.0 Å². The van der Waals surface area contributed by atoms with Gasteiger partial charge in [0.15, 0.2) is 0 Å². The number of rotatable bonds is 5. The number of carbonyl (C=O) groups is 1. The zero-order chi connectivity index (χ0) is 15.6. The Labute approximate surface area is 136 Å². The Bertz CT molecular complexity index is 661. The Hall–Kier alpha value is -2.14. The fraction of sp³-hybridized carbons (Fsp3) is 0.444. The van der Waals surface area contributed by atoms with Crippen LogP contribution in [-0.2, 0) is 11.3 Å². The molecule has 2 heterocycles. The first kappa shape index (κ1) is 14.5. The van der Waals surface area contributed by atoms with E-state index in [9.17, 15) is 4.79 Å². The number of hydrogen-bond acceptors (Lipinski definition) is 3. The molecule has 0 radical (unpaired) electrons. The van der Waals surface area contributed by atoms with Gasteiger partial charge in [-0.15, -0.1) is 0 Å². The van der Waals surface area contributed by atoms with Gasteiger partial charge in [-0.2, -0.15) is 5.10 Å². The molecule has 2 aromatic rings. The molecule has 1 atom stereocenters. The van der Waals surface area contributed by atoms with Gasteiger partial charge in [0.25, 0.3) is 0 Å². The van der Waals surface area contributed by atoms with Crippen molar-refractivity contribution in [3.05, 3.63) is 48.3 Å². The number of amides is 1. The van der Waals surface area contributed by atoms with Crippen LogP contribution in [0.1, 0.15) is 31.2 Å². The first-order valence-corrected chi connectivity index (χ1v) is 8.43. The lowest BCUT2D eigenvalue weighted by Gasteiger charge is -2.23. The predicted molar refractivity (Wildman–Crippen MR) is 88.2 cm³/mol. The van der Waals surface area contributed by atoms with E-state index >= 15 is 0 Å². The molecule has 1 aliphatic carbocycles. The molecule has 1 unspecified atom stereocenters. The minimum atomic E-state index is 0.0430. The van der Waals surface area contributed by atoms with Crippen LogP contribution in [0, 0.1) is 0 Å². The second-order valence-electron chi connectivity index (χ2n) is 6.53. The Morgan fingerprint density at radius 2 is 2.04 bits per heavy atom. The second-order valence-corrected chi connectivity index (χ2v) is 6.53. The van der Waals surface area contributed by atoms with Gasteiger partial charge in [-0.1, -0.05) is 12.1 Å². The van der Waals surface area contributed by atoms with Crippen LogP contribution in [0.3, 0.4) is 0 Å². The number of likely N-dealkylation sites (tertiary alicyclic amines) is 1. The summed E-state index contributed by atoms with van der Waals surface area (Å²) >= 11 is 0. The molecule has 5 heteroatoms. The van der Waals surface area contributed by atoms with Gasteiger partial charge >= 0.3 is 0 Å². The average molecular weight is 310 g/mol. The number of nitrogens with zero attached hydrogens (tertiary/aromatic N) is 3. The zero-order valence-electron chi connectivity index (χ0n) is 13.2. The summed E-state index contributed by atoms with van der Waals surface area (Å²) < 4.78 is 1.85. The number of benzene rings is 1. The fourth-order valence-electron chi connectivity index (χ4n) is 3.25. The molecule has 2 fully saturated rings. The Kier molecular flexibility index (Phi) is 3.87. The van der Waals surface area contributed by atoms with Crippen molar-refractivity contribution in [3.8, 4) is 5.69 Å². The van der Waals surface area contributed by atoms with Crippen molar-refractivity contribution >= 4 is 5.91 Å². The van der Waals surface area contributed by atoms with Gasteiger partial charge in [-0.25, -0.2) is 4.68 Å². The maximum Gasteiger partial charge on any atom is 0.237 e. The highest BCUT2D eigenvalue weighted by atomic mass is 16.2. The van der Waals surface area contributed by atoms with Crippen molar-refractivity contribution in [2.75, 3.05) is 6.54 Å². The van der Waals surface area contributed by atoms with Crippen LogP contribution in [0.5, 0.6) is 0 Å². The van der Waals surface area contributed by atoms with Crippen molar-refractivity contribution in [1.29, 1.82) is 0 Å². The standard InChI is InChI=1S/C18H22N4O/c23-18(20-15-6-7-15)17-3-1-11-21(17)13-14-4-8-16(9-5-14)22-12-2-10-19-22/h2,4-5,8-10,12,15,17H,1,3,6-7,11,13H2,(H,20,23). The van der Waals surface area contributed by atoms with E-state index in [1.165, 1.54) is 5.56 Å². The largest absolute Gasteiger partial charge is 0.352 e. The van der Waals surface area contributed by atoms with E-state index in [1.807, 2.05) is 16.9 Å². The normalized spacial score (nSPS) is 21.5. The van der Waals surface area contributed by atoms with Crippen LogP contribution in [0.25, 0.3) is 5.69 Å². The maximum absolute atomic E-state index is 12.3. The molecule has 2 aliphatic rings. The van der Waals surface area contributed by atoms with Gasteiger partial charge in [-0.05, 0) is 56.0 Å². The van der Waals surface area contributed by atoms with Crippen LogP contribution in [0.2, 0.25) is 0 Å². The number of nitrogens with one attached hydrogen (secondary N) is 1. The summed E-state index contributed by atoms with van der Waals surface area (Å²) in [5, 5.41) is 7.39. The molecule has 1 amide bonds. The highest BCUT2D eigenvalue weighted by Crippen LogP contribution is 2.24. The molecular formula is C18H22N4O. The lowest BCUT2D eigenvalue weighted by atomic mass is 10.1. The number of hydrogen-bond donors (Lipinski definition) is 1. The number of aromatic nitrogens is 2. The quantitative estimate of drug-likeness (QED) is 0.920. The molecule has 1 saturated carbocycles. The van der Waals surface area contributed by atoms with Gasteiger partial charge in [0.05, 0.1) is 11.7 Å². The van der Waals surface area contributed by atoms with Crippen LogP contribution in [-0.4, -0.2) is 39.2 Å². The van der Waals surface area contributed by atoms with Crippen LogP contribution >= 0.6 is 0 Å². The lowest BCUT2D eigenvalue weighted by molar-refractivity contribution is -0.125. The van der Waals surface area contributed by atoms with Crippen LogP contribution in [0.15, 0.2) is 42.7 Å². The molecule has 0 bridgehead atoms. The average Bonchev–Trinajstić information content (AvgIpc) is 3.05. The summed E-state index contributed by atoms with van der Waals surface area (Å²) in [6.45, 7) is 1.84. The summed E-state index contributed by atoms with van der Waals surface area (Å²) in [7, 11) is 0. The summed E-state index contributed by atoms with van der Waals surface area (Å²) in [6, 6.07) is 10.8. The fourth-order valence-corrected chi connectivity index (χ4v) is 3.25. The molecule has 120 valence electrons. The van der Waals surface area contributed by atoms with Gasteiger partial charge in [0.2, 0.25) is 5.91 Å². The van der Waals surface area contributed by atoms with Gasteiger partial charge in [-0.3, -0.25) is 9.69 Å². The van der Waals surface area contributed by atoms with Crippen molar-refractivity contribution in [3.63, 3.8) is 0 Å². The summed E-state index contributed by atoms with van der Waals surface area (Å²) in [6.07, 6.45) is 8.09. The summed E-state index contributed by atoms with van der Waals surface area (Å²) in [4.78, 5) is 14.6. The monoisotopic (exact) mass is 310 g/mol. The Balaban J connectivity index is 1.41. The van der Waals surface area contributed by atoms with Crippen molar-refractivity contribution in [2.24, 2.45) is 0 Å². The third kappa shape index (κ3) is 3.29. The topological polar surface area (TPSA) is 50.2 Å². The van der Waals surface area contributed by atoms with Crippen molar-refractivity contribution < 1.29 is 4.79 Å². The minimum absolute atomic E-state index is 0.0430. The third-order valence-electron chi connectivity index (χ3n) is 4.68. The minimum Gasteiger partial charge on any atom is -0.352 e. The van der Waals surface area contributed by atoms with E-state index in [1.54, 1.807) is 6.20 Å². The summed E-state index contributed by atoms with van der Waals surface area (Å²) in [5.41, 5.74) is 2.30. The second kappa shape index (κ2) is 6.16. The molecule has 1 N–H and O–H groups in total. The highest BCUT2D eigenvalue weighted by molar-refractivity contribution is 5.82. The van der Waals surface area contributed by atoms with E-state index in [-0.39, 0.29) is 11.9 Å². The van der Waals surface area contributed by atoms with Crippen LogP contribution < -0.4 is 5.32 Å². The summed E-state index contributed by atoms with van der Waals surface area (Å²) in [5.74, 6) is 0.221. The Morgan fingerprint density at radius 3 is 2.74 bits per heavy atom. The first-order valence-electron chi connectivity index (χ1n) is 8.43. The van der Waals surface area contributed by atoms with Gasteiger partial charge in [0, 0.05) is 25.0 Å². The first-order chi connectivity index (χ1) is 11.3. The highest BCUT2D eigenvalue weighted by Gasteiger charge is 2.33. The molecule has 1 aromatic heterocycles. The Morgan fingerprint density at radius 1 is 1.22 bits per heavy atom. The molecule has 23 heavy (non-hydrogen) atoms. The van der Waals surface area contributed by atoms with Gasteiger partial charge in [0.1, 0.15) is 0 Å². The molecule has 4 rings (SSSR count). The predicted octanol–water partition coefficient (Wildman–Crippen LogP) is 2.12. The van der Waals surface area contributed by atoms with Crippen LogP contribution in [0.4, 0.5) is 0 Å². The molecule has 1 saturated heterocycles. The van der Waals surface area contributed by atoms with E-state index in [0.717, 1.165) is 44.5 Å². The molecular weight excluding hydrogens is 288 g/mol. The third-order valence-corrected chi connectivity index (χ3v) is 4.68. The van der Waals surface area contributed by atoms with E-state index in [2.05, 4.69) is 39.6 Å².